The van der Waals surface area contributed by atoms with E-state index in [0.29, 0.717) is 5.92 Å². The molecule has 1 rings (SSSR count). The van der Waals surface area contributed by atoms with E-state index in [-0.39, 0.29) is 0 Å². The minimum atomic E-state index is 0.704. The van der Waals surface area contributed by atoms with Gasteiger partial charge >= 0.3 is 0 Å². The average molecular weight is 234 g/mol. The Morgan fingerprint density at radius 2 is 1.76 bits per heavy atom. The minimum Gasteiger partial charge on any atom is -0.385 e. The Hall–Kier alpha value is -1.02. The van der Waals surface area contributed by atoms with Gasteiger partial charge in [-0.05, 0) is 43.6 Å². The highest BCUT2D eigenvalue weighted by molar-refractivity contribution is 5.44. The molecule has 1 aromatic carbocycles. The van der Waals surface area contributed by atoms with Crippen LogP contribution < -0.4 is 10.6 Å². The van der Waals surface area contributed by atoms with Crippen molar-refractivity contribution in [1.82, 2.24) is 5.32 Å². The van der Waals surface area contributed by atoms with Crippen LogP contribution in [-0.4, -0.2) is 20.1 Å². The quantitative estimate of drug-likeness (QED) is 0.721. The van der Waals surface area contributed by atoms with Gasteiger partial charge in [-0.25, -0.2) is 0 Å². The molecule has 1 unspecified atom stereocenters. The van der Waals surface area contributed by atoms with Gasteiger partial charge in [0.25, 0.3) is 0 Å². The van der Waals surface area contributed by atoms with Crippen LogP contribution in [0.25, 0.3) is 0 Å². The van der Waals surface area contributed by atoms with Gasteiger partial charge < -0.3 is 10.6 Å². The summed E-state index contributed by atoms with van der Waals surface area (Å²) < 4.78 is 0. The van der Waals surface area contributed by atoms with E-state index >= 15 is 0 Å². The van der Waals surface area contributed by atoms with E-state index in [1.54, 1.807) is 0 Å². The van der Waals surface area contributed by atoms with Crippen LogP contribution >= 0.6 is 0 Å². The molecule has 2 heteroatoms. The van der Waals surface area contributed by atoms with Crippen molar-refractivity contribution in [2.24, 2.45) is 5.92 Å². The Bertz CT molecular complexity index is 292. The molecule has 0 aromatic heterocycles. The van der Waals surface area contributed by atoms with Gasteiger partial charge in [-0.15, -0.1) is 0 Å². The van der Waals surface area contributed by atoms with E-state index < -0.39 is 0 Å². The maximum Gasteiger partial charge on any atom is 0.0340 e. The van der Waals surface area contributed by atoms with Gasteiger partial charge in [0, 0.05) is 12.2 Å². The van der Waals surface area contributed by atoms with Crippen LogP contribution in [0, 0.1) is 5.92 Å². The van der Waals surface area contributed by atoms with Gasteiger partial charge in [-0.1, -0.05) is 38.8 Å². The molecule has 0 amide bonds. The topological polar surface area (TPSA) is 24.1 Å². The van der Waals surface area contributed by atoms with E-state index in [0.717, 1.165) is 13.1 Å². The van der Waals surface area contributed by atoms with E-state index in [4.69, 9.17) is 0 Å². The minimum absolute atomic E-state index is 0.704. The maximum atomic E-state index is 3.51. The highest BCUT2D eigenvalue weighted by atomic mass is 14.9. The molecule has 0 aliphatic rings. The zero-order valence-electron chi connectivity index (χ0n) is 11.4. The highest BCUT2D eigenvalue weighted by Gasteiger charge is 2.04. The number of nitrogens with one attached hydrogen (secondary N) is 2. The van der Waals surface area contributed by atoms with Crippen LogP contribution in [-0.2, 0) is 6.42 Å². The lowest BCUT2D eigenvalue weighted by atomic mass is 10.1. The second-order valence-electron chi connectivity index (χ2n) is 4.66. The van der Waals surface area contributed by atoms with Crippen LogP contribution in [0.4, 0.5) is 5.69 Å². The molecule has 17 heavy (non-hydrogen) atoms. The number of benzene rings is 1. The fourth-order valence-corrected chi connectivity index (χ4v) is 1.99. The Morgan fingerprint density at radius 1 is 1.06 bits per heavy atom. The van der Waals surface area contributed by atoms with Gasteiger partial charge in [0.2, 0.25) is 0 Å². The van der Waals surface area contributed by atoms with Crippen molar-refractivity contribution < 1.29 is 0 Å². The monoisotopic (exact) mass is 234 g/mol. The summed E-state index contributed by atoms with van der Waals surface area (Å²) in [5, 5.41) is 6.75. The standard InChI is InChI=1S/C15H26N2/c1-4-6-14-7-9-15(10-8-14)17-12-13(5-2)11-16-3/h7-10,13,16-17H,4-6,11-12H2,1-3H3. The third-order valence-electron chi connectivity index (χ3n) is 3.16. The molecule has 0 fully saturated rings. The van der Waals surface area contributed by atoms with E-state index in [1.165, 1.54) is 30.5 Å². The van der Waals surface area contributed by atoms with E-state index in [1.807, 2.05) is 7.05 Å². The summed E-state index contributed by atoms with van der Waals surface area (Å²) in [5.74, 6) is 0.704. The molecule has 1 aromatic rings. The zero-order chi connectivity index (χ0) is 12.5. The maximum absolute atomic E-state index is 3.51. The van der Waals surface area contributed by atoms with Gasteiger partial charge in [0.15, 0.2) is 0 Å². The van der Waals surface area contributed by atoms with Gasteiger partial charge in [0.05, 0.1) is 0 Å². The summed E-state index contributed by atoms with van der Waals surface area (Å²) in [5.41, 5.74) is 2.67. The third-order valence-corrected chi connectivity index (χ3v) is 3.16. The smallest absolute Gasteiger partial charge is 0.0340 e. The number of hydrogen-bond donors (Lipinski definition) is 2. The Balaban J connectivity index is 2.40. The van der Waals surface area contributed by atoms with Crippen molar-refractivity contribution in [3.8, 4) is 0 Å². The van der Waals surface area contributed by atoms with Crippen LogP contribution in [0.2, 0.25) is 0 Å². The van der Waals surface area contributed by atoms with Crippen molar-refractivity contribution in [1.29, 1.82) is 0 Å². The van der Waals surface area contributed by atoms with Crippen LogP contribution in [0.3, 0.4) is 0 Å². The van der Waals surface area contributed by atoms with Crippen molar-refractivity contribution in [3.63, 3.8) is 0 Å². The summed E-state index contributed by atoms with van der Waals surface area (Å²) >= 11 is 0. The predicted octanol–water partition coefficient (Wildman–Crippen LogP) is 3.30. The van der Waals surface area contributed by atoms with Crippen molar-refractivity contribution in [3.05, 3.63) is 29.8 Å². The third kappa shape index (κ3) is 5.22. The first-order valence-corrected chi connectivity index (χ1v) is 6.77. The Kier molecular flexibility index (Phi) is 6.71. The molecule has 2 nitrogen and oxygen atoms in total. The molecule has 0 spiro atoms. The SMILES string of the molecule is CCCc1ccc(NCC(CC)CNC)cc1. The molecule has 2 N–H and O–H groups in total. The van der Waals surface area contributed by atoms with E-state index in [9.17, 15) is 0 Å². The molecule has 0 radical (unpaired) electrons. The molecular weight excluding hydrogens is 208 g/mol. The lowest BCUT2D eigenvalue weighted by molar-refractivity contribution is 0.506. The molecule has 96 valence electrons. The first-order chi connectivity index (χ1) is 8.30. The molecule has 0 aliphatic carbocycles. The van der Waals surface area contributed by atoms with E-state index in [2.05, 4.69) is 48.7 Å². The molecule has 0 aliphatic heterocycles. The van der Waals surface area contributed by atoms with Crippen molar-refractivity contribution in [2.75, 3.05) is 25.5 Å². The Labute approximate surface area is 106 Å². The highest BCUT2D eigenvalue weighted by Crippen LogP contribution is 2.12. The molecule has 1 atom stereocenters. The Morgan fingerprint density at radius 3 is 2.29 bits per heavy atom. The fourth-order valence-electron chi connectivity index (χ4n) is 1.99. The number of aryl methyl sites for hydroxylation is 1. The summed E-state index contributed by atoms with van der Waals surface area (Å²) in [7, 11) is 2.02. The van der Waals surface area contributed by atoms with Crippen LogP contribution in [0.15, 0.2) is 24.3 Å². The fraction of sp³-hybridized carbons (Fsp3) is 0.600. The first-order valence-electron chi connectivity index (χ1n) is 6.77. The normalized spacial score (nSPS) is 12.4. The predicted molar refractivity (Wildman–Crippen MR) is 76.6 cm³/mol. The van der Waals surface area contributed by atoms with Crippen LogP contribution in [0.1, 0.15) is 32.3 Å². The summed E-state index contributed by atoms with van der Waals surface area (Å²) in [6.07, 6.45) is 3.60. The summed E-state index contributed by atoms with van der Waals surface area (Å²) in [6, 6.07) is 8.84. The second kappa shape index (κ2) is 8.13. The van der Waals surface area contributed by atoms with Crippen molar-refractivity contribution in [2.45, 2.75) is 33.1 Å². The summed E-state index contributed by atoms with van der Waals surface area (Å²) in [6.45, 7) is 6.59. The first kappa shape index (κ1) is 14.0. The molecule has 0 saturated carbocycles. The molecular formula is C15H26N2. The summed E-state index contributed by atoms with van der Waals surface area (Å²) in [4.78, 5) is 0. The zero-order valence-corrected chi connectivity index (χ0v) is 11.4. The lowest BCUT2D eigenvalue weighted by Gasteiger charge is -2.16. The molecule has 0 saturated heterocycles. The van der Waals surface area contributed by atoms with Crippen LogP contribution in [0.5, 0.6) is 0 Å². The molecule has 0 bridgehead atoms. The average Bonchev–Trinajstić information content (AvgIpc) is 2.36. The van der Waals surface area contributed by atoms with Crippen molar-refractivity contribution >= 4 is 5.69 Å². The van der Waals surface area contributed by atoms with Gasteiger partial charge in [-0.2, -0.15) is 0 Å². The number of hydrogen-bond acceptors (Lipinski definition) is 2. The number of anilines is 1. The lowest BCUT2D eigenvalue weighted by Crippen LogP contribution is -2.24. The molecule has 0 heterocycles. The van der Waals surface area contributed by atoms with Gasteiger partial charge in [-0.3, -0.25) is 0 Å². The largest absolute Gasteiger partial charge is 0.385 e. The second-order valence-corrected chi connectivity index (χ2v) is 4.66. The van der Waals surface area contributed by atoms with Gasteiger partial charge in [0.1, 0.15) is 0 Å². The number of rotatable bonds is 8.